The van der Waals surface area contributed by atoms with Gasteiger partial charge in [-0.2, -0.15) is 20.2 Å². The van der Waals surface area contributed by atoms with Crippen LogP contribution in [0.5, 0.6) is 6.01 Å². The Morgan fingerprint density at radius 1 is 1.06 bits per heavy atom. The number of fused-ring (bicyclic) bond motifs is 3. The normalized spacial score (nSPS) is 20.2. The number of amides is 1. The molecule has 4 aromatic rings. The Labute approximate surface area is 315 Å². The summed E-state index contributed by atoms with van der Waals surface area (Å²) in [6.07, 6.45) is 8.57. The second-order valence-electron chi connectivity index (χ2n) is 15.8. The molecule has 1 atom stereocenters. The number of piperazine rings is 1. The molecule has 1 amide bonds. The Hall–Kier alpha value is -4.73. The van der Waals surface area contributed by atoms with Gasteiger partial charge in [-0.25, -0.2) is 0 Å². The third kappa shape index (κ3) is 6.93. The number of rotatable bonds is 8. The first-order chi connectivity index (χ1) is 25.6. The van der Waals surface area contributed by atoms with E-state index in [1.54, 1.807) is 11.0 Å². The van der Waals surface area contributed by atoms with Gasteiger partial charge in [0.25, 0.3) is 5.89 Å². The summed E-state index contributed by atoms with van der Waals surface area (Å²) in [5.41, 5.74) is 2.88. The summed E-state index contributed by atoms with van der Waals surface area (Å²) in [4.78, 5) is 37.1. The van der Waals surface area contributed by atoms with Crippen molar-refractivity contribution >= 4 is 45.9 Å². The summed E-state index contributed by atoms with van der Waals surface area (Å²) in [7, 11) is 0. The molecule has 0 saturated carbocycles. The highest BCUT2D eigenvalue weighted by Crippen LogP contribution is 2.40. The SMILES string of the molecule is CC(C)(C)c1noc(/C=C/C(=O)N2CCN(c3nc(OCC45CCCN4CCC5)nc4c3CCN(c3cccc5cccc(Cl)c35)C4)C[C@@H]2CC#N)n1. The van der Waals surface area contributed by atoms with E-state index < -0.39 is 0 Å². The van der Waals surface area contributed by atoms with Crippen LogP contribution >= 0.6 is 11.6 Å². The van der Waals surface area contributed by atoms with Gasteiger partial charge < -0.3 is 24.0 Å². The van der Waals surface area contributed by atoms with Gasteiger partial charge in [-0.05, 0) is 62.7 Å². The lowest BCUT2D eigenvalue weighted by atomic mass is 9.95. The van der Waals surface area contributed by atoms with E-state index in [1.807, 2.05) is 32.9 Å². The first kappa shape index (κ1) is 35.3. The first-order valence-corrected chi connectivity index (χ1v) is 19.1. The Balaban J connectivity index is 1.07. The number of nitrogens with zero attached hydrogens (tertiary/aromatic N) is 9. The molecule has 0 bridgehead atoms. The van der Waals surface area contributed by atoms with Gasteiger partial charge in [0.15, 0.2) is 5.82 Å². The van der Waals surface area contributed by atoms with Gasteiger partial charge >= 0.3 is 6.01 Å². The molecule has 276 valence electrons. The van der Waals surface area contributed by atoms with E-state index in [-0.39, 0.29) is 35.2 Å². The zero-order valence-corrected chi connectivity index (χ0v) is 31.5. The number of hydrogen-bond acceptors (Lipinski definition) is 11. The Bertz CT molecular complexity index is 2070. The minimum Gasteiger partial charge on any atom is -0.461 e. The molecule has 2 aromatic heterocycles. The number of carbonyl (C=O) groups excluding carboxylic acids is 1. The number of hydrogen-bond donors (Lipinski definition) is 0. The average molecular weight is 736 g/mol. The highest BCUT2D eigenvalue weighted by Gasteiger charge is 2.45. The van der Waals surface area contributed by atoms with E-state index >= 15 is 0 Å². The highest BCUT2D eigenvalue weighted by atomic mass is 35.5. The zero-order chi connectivity index (χ0) is 36.7. The average Bonchev–Trinajstić information content (AvgIpc) is 3.89. The maximum atomic E-state index is 13.5. The van der Waals surface area contributed by atoms with Crippen LogP contribution in [0.4, 0.5) is 11.5 Å². The molecule has 12 nitrogen and oxygen atoms in total. The van der Waals surface area contributed by atoms with Crippen molar-refractivity contribution in [2.75, 3.05) is 55.7 Å². The molecule has 3 fully saturated rings. The molecule has 0 radical (unpaired) electrons. The molecule has 8 rings (SSSR count). The number of anilines is 2. The predicted octanol–water partition coefficient (Wildman–Crippen LogP) is 6.18. The van der Waals surface area contributed by atoms with E-state index in [0.29, 0.717) is 44.6 Å². The van der Waals surface area contributed by atoms with Crippen LogP contribution in [0.15, 0.2) is 47.0 Å². The van der Waals surface area contributed by atoms with E-state index in [2.05, 4.69) is 55.2 Å². The second kappa shape index (κ2) is 14.3. The lowest BCUT2D eigenvalue weighted by Crippen LogP contribution is -2.55. The molecule has 0 N–H and O–H groups in total. The second-order valence-corrected chi connectivity index (χ2v) is 16.2. The number of benzene rings is 2. The van der Waals surface area contributed by atoms with E-state index in [4.69, 9.17) is 30.8 Å². The fourth-order valence-corrected chi connectivity index (χ4v) is 8.86. The molecule has 4 aliphatic rings. The fourth-order valence-electron chi connectivity index (χ4n) is 8.58. The highest BCUT2D eigenvalue weighted by molar-refractivity contribution is 6.36. The van der Waals surface area contributed by atoms with Gasteiger partial charge in [0.2, 0.25) is 5.91 Å². The minimum atomic E-state index is -0.337. The smallest absolute Gasteiger partial charge is 0.318 e. The largest absolute Gasteiger partial charge is 0.461 e. The van der Waals surface area contributed by atoms with E-state index in [0.717, 1.165) is 77.5 Å². The zero-order valence-electron chi connectivity index (χ0n) is 30.7. The van der Waals surface area contributed by atoms with Crippen molar-refractivity contribution in [3.63, 3.8) is 0 Å². The van der Waals surface area contributed by atoms with Crippen LogP contribution in [0.2, 0.25) is 5.02 Å². The van der Waals surface area contributed by atoms with Crippen molar-refractivity contribution in [3.8, 4) is 12.1 Å². The molecular weight excluding hydrogens is 690 g/mol. The molecular formula is C40H46ClN9O3. The van der Waals surface area contributed by atoms with Crippen LogP contribution in [-0.4, -0.2) is 93.3 Å². The summed E-state index contributed by atoms with van der Waals surface area (Å²) < 4.78 is 11.9. The molecule has 6 heterocycles. The maximum absolute atomic E-state index is 13.5. The first-order valence-electron chi connectivity index (χ1n) is 18.8. The van der Waals surface area contributed by atoms with Crippen molar-refractivity contribution in [1.29, 1.82) is 5.26 Å². The third-order valence-electron chi connectivity index (χ3n) is 11.3. The summed E-state index contributed by atoms with van der Waals surface area (Å²) in [5.74, 6) is 1.48. The number of halogens is 1. The lowest BCUT2D eigenvalue weighted by molar-refractivity contribution is -0.128. The molecule has 0 aliphatic carbocycles. The Morgan fingerprint density at radius 2 is 1.85 bits per heavy atom. The predicted molar refractivity (Wildman–Crippen MR) is 204 cm³/mol. The van der Waals surface area contributed by atoms with Crippen LogP contribution in [-0.2, 0) is 23.2 Å². The number of ether oxygens (including phenoxy) is 1. The van der Waals surface area contributed by atoms with Gasteiger partial charge in [-0.15, -0.1) is 0 Å². The molecule has 0 unspecified atom stereocenters. The number of nitriles is 1. The fraction of sp³-hybridized carbons (Fsp3) is 0.500. The van der Waals surface area contributed by atoms with Gasteiger partial charge in [-0.3, -0.25) is 9.69 Å². The van der Waals surface area contributed by atoms with Crippen LogP contribution < -0.4 is 14.5 Å². The standard InChI is InChI=1S/C40H46ClN9O3/c1-39(2,3)37-44-33(53-46-37)12-13-34(51)50-23-22-48(24-28(50)14-18-42)36-29-15-21-47(32-11-5-9-27-8-4-10-30(41)35(27)32)25-31(29)43-38(45-36)52-26-40-16-6-19-49(40)20-7-17-40/h4-5,8-13,28H,6-7,14-17,19-26H2,1-3H3/b13-12+/t28-/m0/s1. The minimum absolute atomic E-state index is 0.0537. The molecule has 53 heavy (non-hydrogen) atoms. The van der Waals surface area contributed by atoms with E-state index in [1.165, 1.54) is 18.9 Å². The van der Waals surface area contributed by atoms with Crippen molar-refractivity contribution < 1.29 is 14.1 Å². The summed E-state index contributed by atoms with van der Waals surface area (Å²) in [6, 6.07) is 14.7. The Kier molecular flexibility index (Phi) is 9.49. The molecule has 0 spiro atoms. The summed E-state index contributed by atoms with van der Waals surface area (Å²) in [6.45, 7) is 11.6. The maximum Gasteiger partial charge on any atom is 0.318 e. The number of aromatic nitrogens is 4. The molecule has 2 aromatic carbocycles. The van der Waals surface area contributed by atoms with Gasteiger partial charge in [0, 0.05) is 60.4 Å². The Morgan fingerprint density at radius 3 is 2.60 bits per heavy atom. The van der Waals surface area contributed by atoms with Crippen LogP contribution in [0.25, 0.3) is 16.8 Å². The molecule has 13 heteroatoms. The summed E-state index contributed by atoms with van der Waals surface area (Å²) in [5, 5.41) is 16.8. The van der Waals surface area contributed by atoms with E-state index in [9.17, 15) is 10.1 Å². The topological polar surface area (TPSA) is 128 Å². The third-order valence-corrected chi connectivity index (χ3v) is 11.7. The molecule has 4 aliphatic heterocycles. The van der Waals surface area contributed by atoms with Gasteiger partial charge in [0.1, 0.15) is 12.4 Å². The number of carbonyl (C=O) groups is 1. The van der Waals surface area contributed by atoms with Crippen molar-refractivity contribution in [2.45, 2.75) is 82.8 Å². The monoisotopic (exact) mass is 735 g/mol. The van der Waals surface area contributed by atoms with Gasteiger partial charge in [0.05, 0.1) is 41.3 Å². The van der Waals surface area contributed by atoms with Crippen LogP contribution in [0, 0.1) is 11.3 Å². The van der Waals surface area contributed by atoms with Crippen LogP contribution in [0.1, 0.15) is 75.8 Å². The van der Waals surface area contributed by atoms with Crippen molar-refractivity contribution in [1.82, 2.24) is 29.9 Å². The molecule has 3 saturated heterocycles. The van der Waals surface area contributed by atoms with Gasteiger partial charge in [-0.1, -0.05) is 61.8 Å². The van der Waals surface area contributed by atoms with Crippen LogP contribution in [0.3, 0.4) is 0 Å². The quantitative estimate of drug-likeness (QED) is 0.193. The summed E-state index contributed by atoms with van der Waals surface area (Å²) >= 11 is 6.77. The lowest BCUT2D eigenvalue weighted by Gasteiger charge is -2.42. The van der Waals surface area contributed by atoms with Crippen molar-refractivity contribution in [2.24, 2.45) is 0 Å². The van der Waals surface area contributed by atoms with Crippen molar-refractivity contribution in [3.05, 3.63) is 70.5 Å².